The highest BCUT2D eigenvalue weighted by molar-refractivity contribution is 5.73. The van der Waals surface area contributed by atoms with E-state index >= 15 is 0 Å². The van der Waals surface area contributed by atoms with Crippen molar-refractivity contribution in [2.24, 2.45) is 5.73 Å². The second-order valence-electron chi connectivity index (χ2n) is 6.39. The van der Waals surface area contributed by atoms with E-state index in [-0.39, 0.29) is 0 Å². The van der Waals surface area contributed by atoms with E-state index in [0.717, 1.165) is 6.92 Å². The molecule has 10 atom stereocenters. The fourth-order valence-corrected chi connectivity index (χ4v) is 3.01. The zero-order valence-corrected chi connectivity index (χ0v) is 14.3. The maximum absolute atomic E-state index is 11.3. The number of nitrogens with one attached hydrogen (secondary N) is 1. The number of carbonyl (C=O) groups excluding carboxylic acids is 1. The van der Waals surface area contributed by atoms with Gasteiger partial charge in [-0.2, -0.15) is 0 Å². The summed E-state index contributed by atoms with van der Waals surface area (Å²) in [5, 5.41) is 60.8. The van der Waals surface area contributed by atoms with Gasteiger partial charge in [0.25, 0.3) is 0 Å². The minimum atomic E-state index is -1.85. The molecular formula is C14H24N2O11. The second-order valence-corrected chi connectivity index (χ2v) is 6.39. The zero-order chi connectivity index (χ0) is 20.5. The predicted molar refractivity (Wildman–Crippen MR) is 82.7 cm³/mol. The van der Waals surface area contributed by atoms with Gasteiger partial charge in [0, 0.05) is 6.92 Å². The number of aliphatic hydroxyl groups is 5. The number of aliphatic hydroxyl groups excluding tert-OH is 5. The average molecular weight is 396 g/mol. The lowest BCUT2D eigenvalue weighted by molar-refractivity contribution is -0.321. The quantitative estimate of drug-likeness (QED) is 0.218. The molecule has 2 aliphatic heterocycles. The predicted octanol–water partition coefficient (Wildman–Crippen LogP) is -5.19. The maximum Gasteiger partial charge on any atom is 0.335 e. The van der Waals surface area contributed by atoms with Gasteiger partial charge in [0.05, 0.1) is 12.6 Å². The van der Waals surface area contributed by atoms with E-state index in [1.165, 1.54) is 0 Å². The highest BCUT2D eigenvalue weighted by atomic mass is 16.7. The van der Waals surface area contributed by atoms with Gasteiger partial charge in [-0.15, -0.1) is 0 Å². The molecule has 13 heteroatoms. The summed E-state index contributed by atoms with van der Waals surface area (Å²) >= 11 is 0. The van der Waals surface area contributed by atoms with Gasteiger partial charge < -0.3 is 55.9 Å². The van der Waals surface area contributed by atoms with Crippen LogP contribution < -0.4 is 11.1 Å². The van der Waals surface area contributed by atoms with Crippen molar-refractivity contribution >= 4 is 11.9 Å². The molecule has 27 heavy (non-hydrogen) atoms. The summed E-state index contributed by atoms with van der Waals surface area (Å²) in [5.41, 5.74) is 5.71. The van der Waals surface area contributed by atoms with Gasteiger partial charge in [0.15, 0.2) is 18.7 Å². The third kappa shape index (κ3) is 4.53. The summed E-state index contributed by atoms with van der Waals surface area (Å²) in [6.07, 6.45) is -12.9. The third-order valence-electron chi connectivity index (χ3n) is 4.43. The van der Waals surface area contributed by atoms with Gasteiger partial charge in [-0.1, -0.05) is 0 Å². The maximum atomic E-state index is 11.3. The van der Waals surface area contributed by atoms with Crippen LogP contribution in [-0.2, 0) is 23.8 Å². The van der Waals surface area contributed by atoms with Gasteiger partial charge in [-0.05, 0) is 0 Å². The molecule has 0 bridgehead atoms. The summed E-state index contributed by atoms with van der Waals surface area (Å²) in [6, 6.07) is -2.71. The number of hydrogen-bond donors (Lipinski definition) is 8. The molecule has 0 radical (unpaired) electrons. The van der Waals surface area contributed by atoms with Crippen LogP contribution in [0.1, 0.15) is 6.92 Å². The Kier molecular flexibility index (Phi) is 7.07. The molecule has 0 saturated carbocycles. The average Bonchev–Trinajstić information content (AvgIpc) is 2.60. The SMILES string of the molecule is CC(=O)N[C@@H]1[C@@H](O)[C@H](O[C@@H]2O[C@@H](C(=O)O)[C@@H](O)[C@H](O)[C@@H]2N)[C@@H](CO)O[C@@H]1O. The first kappa shape index (κ1) is 21.9. The number of rotatable bonds is 5. The van der Waals surface area contributed by atoms with Crippen LogP contribution in [-0.4, -0.2) is 110 Å². The molecule has 0 aromatic heterocycles. The smallest absolute Gasteiger partial charge is 0.335 e. The Morgan fingerprint density at radius 3 is 2.26 bits per heavy atom. The van der Waals surface area contributed by atoms with Crippen LogP contribution in [0.25, 0.3) is 0 Å². The van der Waals surface area contributed by atoms with Crippen molar-refractivity contribution in [1.82, 2.24) is 5.32 Å². The molecule has 0 unspecified atom stereocenters. The molecule has 0 aromatic carbocycles. The lowest BCUT2D eigenvalue weighted by Gasteiger charge is -2.46. The molecule has 2 aliphatic rings. The topological polar surface area (TPSA) is 221 Å². The standard InChI is InChI=1S/C14H24N2O11/c1-3(18)16-6-8(20)10(4(2-17)25-13(6)24)26-14-5(15)7(19)9(21)11(27-14)12(22)23/h4-11,13-14,17,19-21,24H,2,15H2,1H3,(H,16,18)(H,22,23)/t4-,5+,6-,7-,8-,9+,10-,11-,13+,14-/m1/s1. The fraction of sp³-hybridized carbons (Fsp3) is 0.857. The normalized spacial score (nSPS) is 45.3. The number of aliphatic carboxylic acids is 1. The van der Waals surface area contributed by atoms with Crippen LogP contribution in [0, 0.1) is 0 Å². The molecule has 2 rings (SSSR count). The van der Waals surface area contributed by atoms with Crippen LogP contribution in [0.5, 0.6) is 0 Å². The number of ether oxygens (including phenoxy) is 3. The molecule has 2 fully saturated rings. The lowest BCUT2D eigenvalue weighted by atomic mass is 9.95. The third-order valence-corrected chi connectivity index (χ3v) is 4.43. The van der Waals surface area contributed by atoms with Crippen molar-refractivity contribution in [3.8, 4) is 0 Å². The summed E-state index contributed by atoms with van der Waals surface area (Å²) in [7, 11) is 0. The summed E-state index contributed by atoms with van der Waals surface area (Å²) in [6.45, 7) is 0.434. The van der Waals surface area contributed by atoms with E-state index in [2.05, 4.69) is 5.32 Å². The molecule has 1 amide bonds. The van der Waals surface area contributed by atoms with Crippen molar-refractivity contribution in [3.63, 3.8) is 0 Å². The highest BCUT2D eigenvalue weighted by Gasteiger charge is 2.51. The van der Waals surface area contributed by atoms with E-state index in [1.807, 2.05) is 0 Å². The van der Waals surface area contributed by atoms with E-state index in [0.29, 0.717) is 0 Å². The Labute approximate surface area is 153 Å². The summed E-state index contributed by atoms with van der Waals surface area (Å²) in [5.74, 6) is -2.16. The van der Waals surface area contributed by atoms with Crippen LogP contribution in [0.4, 0.5) is 0 Å². The Balaban J connectivity index is 2.20. The number of nitrogens with two attached hydrogens (primary N) is 1. The van der Waals surface area contributed by atoms with Gasteiger partial charge in [0.2, 0.25) is 5.91 Å². The van der Waals surface area contributed by atoms with E-state index in [1.54, 1.807) is 0 Å². The molecular weight excluding hydrogens is 372 g/mol. The van der Waals surface area contributed by atoms with Crippen molar-refractivity contribution in [2.45, 2.75) is 68.2 Å². The fourth-order valence-electron chi connectivity index (χ4n) is 3.01. The van der Waals surface area contributed by atoms with Gasteiger partial charge in [-0.25, -0.2) is 4.79 Å². The van der Waals surface area contributed by atoms with E-state index < -0.39 is 79.8 Å². The molecule has 156 valence electrons. The Morgan fingerprint density at radius 2 is 1.74 bits per heavy atom. The second kappa shape index (κ2) is 8.72. The number of carboxylic acid groups (broad SMARTS) is 1. The minimum Gasteiger partial charge on any atom is -0.479 e. The van der Waals surface area contributed by atoms with Crippen molar-refractivity contribution in [1.29, 1.82) is 0 Å². The van der Waals surface area contributed by atoms with E-state index in [9.17, 15) is 35.1 Å². The molecule has 0 aliphatic carbocycles. The van der Waals surface area contributed by atoms with Gasteiger partial charge >= 0.3 is 5.97 Å². The first-order chi connectivity index (χ1) is 12.6. The van der Waals surface area contributed by atoms with Crippen molar-refractivity contribution < 1.29 is 54.4 Å². The van der Waals surface area contributed by atoms with Gasteiger partial charge in [0.1, 0.15) is 36.6 Å². The zero-order valence-electron chi connectivity index (χ0n) is 14.3. The van der Waals surface area contributed by atoms with Crippen molar-refractivity contribution in [2.75, 3.05) is 6.61 Å². The number of carbonyl (C=O) groups is 2. The largest absolute Gasteiger partial charge is 0.479 e. The summed E-state index contributed by atoms with van der Waals surface area (Å²) in [4.78, 5) is 22.4. The molecule has 2 heterocycles. The highest BCUT2D eigenvalue weighted by Crippen LogP contribution is 2.28. The summed E-state index contributed by atoms with van der Waals surface area (Å²) < 4.78 is 15.6. The van der Waals surface area contributed by atoms with E-state index in [4.69, 9.17) is 25.1 Å². The van der Waals surface area contributed by atoms with Crippen LogP contribution in [0.2, 0.25) is 0 Å². The molecule has 0 spiro atoms. The minimum absolute atomic E-state index is 0.585. The van der Waals surface area contributed by atoms with Crippen LogP contribution >= 0.6 is 0 Å². The molecule has 2 saturated heterocycles. The Hall–Kier alpha value is -1.42. The Morgan fingerprint density at radius 1 is 1.11 bits per heavy atom. The van der Waals surface area contributed by atoms with Crippen LogP contribution in [0.15, 0.2) is 0 Å². The monoisotopic (exact) mass is 396 g/mol. The van der Waals surface area contributed by atoms with Gasteiger partial charge in [-0.3, -0.25) is 4.79 Å². The van der Waals surface area contributed by atoms with Crippen molar-refractivity contribution in [3.05, 3.63) is 0 Å². The molecule has 13 nitrogen and oxygen atoms in total. The lowest BCUT2D eigenvalue weighted by Crippen LogP contribution is -2.68. The first-order valence-electron chi connectivity index (χ1n) is 8.13. The number of amides is 1. The first-order valence-corrected chi connectivity index (χ1v) is 8.13. The Bertz CT molecular complexity index is 549. The number of carboxylic acids is 1. The molecule has 9 N–H and O–H groups in total. The van der Waals surface area contributed by atoms with Crippen LogP contribution in [0.3, 0.4) is 0 Å². The number of hydrogen-bond acceptors (Lipinski definition) is 11. The molecule has 0 aromatic rings.